The van der Waals surface area contributed by atoms with E-state index < -0.39 is 18.5 Å². The molecule has 2 aromatic carbocycles. The summed E-state index contributed by atoms with van der Waals surface area (Å²) in [6.45, 7) is 1.32. The highest BCUT2D eigenvalue weighted by Gasteiger charge is 2.20. The van der Waals surface area contributed by atoms with E-state index in [4.69, 9.17) is 18.6 Å². The van der Waals surface area contributed by atoms with E-state index in [2.05, 4.69) is 5.32 Å². The number of amides is 1. The Bertz CT molecular complexity index is 974. The first-order valence-electron chi connectivity index (χ1n) is 8.20. The van der Waals surface area contributed by atoms with Crippen LogP contribution in [-0.2, 0) is 9.53 Å². The predicted octanol–water partition coefficient (Wildman–Crippen LogP) is 3.55. The lowest BCUT2D eigenvalue weighted by molar-refractivity contribution is -0.119. The summed E-state index contributed by atoms with van der Waals surface area (Å²) in [5, 5.41) is 3.39. The van der Waals surface area contributed by atoms with Gasteiger partial charge in [0.25, 0.3) is 5.91 Å². The first-order chi connectivity index (χ1) is 13.0. The van der Waals surface area contributed by atoms with E-state index in [1.165, 1.54) is 0 Å². The highest BCUT2D eigenvalue weighted by Crippen LogP contribution is 2.29. The monoisotopic (exact) mass is 369 g/mol. The van der Waals surface area contributed by atoms with Gasteiger partial charge in [-0.3, -0.25) is 4.79 Å². The molecule has 27 heavy (non-hydrogen) atoms. The second-order valence-corrected chi connectivity index (χ2v) is 5.77. The van der Waals surface area contributed by atoms with E-state index in [9.17, 15) is 9.59 Å². The highest BCUT2D eigenvalue weighted by atomic mass is 16.5. The van der Waals surface area contributed by atoms with Crippen LogP contribution in [0.15, 0.2) is 46.9 Å². The standard InChI is InChI=1S/C20H19NO6/c1-12-16-10-15(25-3)8-9-17(16)27-19(12)20(23)26-11-18(22)21-13-4-6-14(24-2)7-5-13/h4-10H,11H2,1-3H3,(H,21,22). The van der Waals surface area contributed by atoms with Gasteiger partial charge in [0.2, 0.25) is 5.76 Å². The van der Waals surface area contributed by atoms with E-state index in [0.717, 1.165) is 5.39 Å². The minimum absolute atomic E-state index is 0.0653. The molecule has 0 unspecified atom stereocenters. The molecule has 3 aromatic rings. The van der Waals surface area contributed by atoms with Gasteiger partial charge in [0, 0.05) is 16.6 Å². The van der Waals surface area contributed by atoms with Crippen LogP contribution in [0, 0.1) is 6.92 Å². The lowest BCUT2D eigenvalue weighted by Gasteiger charge is -2.07. The predicted molar refractivity (Wildman–Crippen MR) is 99.4 cm³/mol. The third kappa shape index (κ3) is 4.03. The van der Waals surface area contributed by atoms with Gasteiger partial charge >= 0.3 is 5.97 Å². The fourth-order valence-electron chi connectivity index (χ4n) is 2.59. The van der Waals surface area contributed by atoms with Crippen molar-refractivity contribution in [1.82, 2.24) is 0 Å². The summed E-state index contributed by atoms with van der Waals surface area (Å²) < 4.78 is 20.9. The number of aryl methyl sites for hydroxylation is 1. The Balaban J connectivity index is 1.63. The Kier molecular flexibility index (Phi) is 5.30. The molecule has 1 heterocycles. The van der Waals surface area contributed by atoms with Crippen LogP contribution in [0.4, 0.5) is 5.69 Å². The summed E-state index contributed by atoms with van der Waals surface area (Å²) in [6, 6.07) is 12.0. The van der Waals surface area contributed by atoms with Crippen LogP contribution in [0.1, 0.15) is 16.1 Å². The smallest absolute Gasteiger partial charge is 0.375 e. The van der Waals surface area contributed by atoms with E-state index in [-0.39, 0.29) is 5.76 Å². The number of esters is 1. The molecule has 0 saturated carbocycles. The molecule has 0 atom stereocenters. The molecule has 0 fully saturated rings. The highest BCUT2D eigenvalue weighted by molar-refractivity contribution is 5.98. The van der Waals surface area contributed by atoms with Crippen molar-refractivity contribution in [2.45, 2.75) is 6.92 Å². The first kappa shape index (κ1) is 18.3. The number of rotatable bonds is 6. The summed E-state index contributed by atoms with van der Waals surface area (Å²) in [6.07, 6.45) is 0. The second-order valence-electron chi connectivity index (χ2n) is 5.77. The third-order valence-corrected chi connectivity index (χ3v) is 4.04. The molecule has 0 radical (unpaired) electrons. The van der Waals surface area contributed by atoms with Crippen LogP contribution in [0.3, 0.4) is 0 Å². The van der Waals surface area contributed by atoms with Gasteiger partial charge < -0.3 is 23.9 Å². The zero-order valence-corrected chi connectivity index (χ0v) is 15.2. The van der Waals surface area contributed by atoms with Crippen molar-refractivity contribution in [1.29, 1.82) is 0 Å². The largest absolute Gasteiger partial charge is 0.497 e. The van der Waals surface area contributed by atoms with Gasteiger partial charge in [-0.15, -0.1) is 0 Å². The van der Waals surface area contributed by atoms with Crippen molar-refractivity contribution in [3.63, 3.8) is 0 Å². The maximum atomic E-state index is 12.3. The molecule has 1 N–H and O–H groups in total. The number of ether oxygens (including phenoxy) is 3. The van der Waals surface area contributed by atoms with Crippen LogP contribution >= 0.6 is 0 Å². The van der Waals surface area contributed by atoms with Crippen LogP contribution in [0.5, 0.6) is 11.5 Å². The molecule has 7 heteroatoms. The van der Waals surface area contributed by atoms with Crippen molar-refractivity contribution in [2.75, 3.05) is 26.1 Å². The minimum Gasteiger partial charge on any atom is -0.497 e. The van der Waals surface area contributed by atoms with Gasteiger partial charge in [-0.25, -0.2) is 4.79 Å². The Morgan fingerprint density at radius 2 is 1.67 bits per heavy atom. The average molecular weight is 369 g/mol. The Hall–Kier alpha value is -3.48. The number of anilines is 1. The average Bonchev–Trinajstić information content (AvgIpc) is 3.02. The quantitative estimate of drug-likeness (QED) is 0.669. The molecule has 0 aliphatic rings. The normalized spacial score (nSPS) is 10.5. The molecular formula is C20H19NO6. The minimum atomic E-state index is -0.701. The SMILES string of the molecule is COc1ccc(NC(=O)COC(=O)c2oc3ccc(OC)cc3c2C)cc1. The molecule has 0 aliphatic heterocycles. The van der Waals surface area contributed by atoms with Crippen LogP contribution in [0.25, 0.3) is 11.0 Å². The molecule has 0 spiro atoms. The summed E-state index contributed by atoms with van der Waals surface area (Å²) in [4.78, 5) is 24.3. The molecular weight excluding hydrogens is 350 g/mol. The summed E-state index contributed by atoms with van der Waals surface area (Å²) in [7, 11) is 3.12. The van der Waals surface area contributed by atoms with Crippen LogP contribution in [0.2, 0.25) is 0 Å². The Morgan fingerprint density at radius 3 is 2.33 bits per heavy atom. The fourth-order valence-corrected chi connectivity index (χ4v) is 2.59. The van der Waals surface area contributed by atoms with E-state index in [1.54, 1.807) is 63.6 Å². The topological polar surface area (TPSA) is 87.0 Å². The summed E-state index contributed by atoms with van der Waals surface area (Å²) in [5.41, 5.74) is 1.75. The molecule has 3 rings (SSSR count). The van der Waals surface area contributed by atoms with Crippen molar-refractivity contribution in [3.8, 4) is 11.5 Å². The van der Waals surface area contributed by atoms with Crippen LogP contribution < -0.4 is 14.8 Å². The lowest BCUT2D eigenvalue weighted by Crippen LogP contribution is -2.21. The summed E-state index contributed by atoms with van der Waals surface area (Å²) >= 11 is 0. The number of furan rings is 1. The zero-order valence-electron chi connectivity index (χ0n) is 15.2. The van der Waals surface area contributed by atoms with E-state index in [1.807, 2.05) is 0 Å². The molecule has 140 valence electrons. The maximum absolute atomic E-state index is 12.3. The molecule has 1 amide bonds. The number of methoxy groups -OCH3 is 2. The molecule has 7 nitrogen and oxygen atoms in total. The number of fused-ring (bicyclic) bond motifs is 1. The Labute approximate surface area is 155 Å². The molecule has 0 bridgehead atoms. The van der Waals surface area contributed by atoms with Crippen molar-refractivity contribution in [2.24, 2.45) is 0 Å². The van der Waals surface area contributed by atoms with Crippen LogP contribution in [-0.4, -0.2) is 32.7 Å². The number of carbonyl (C=O) groups is 2. The van der Waals surface area contributed by atoms with Gasteiger partial charge in [0.05, 0.1) is 14.2 Å². The Morgan fingerprint density at radius 1 is 1.00 bits per heavy atom. The number of benzene rings is 2. The maximum Gasteiger partial charge on any atom is 0.375 e. The second kappa shape index (κ2) is 7.82. The van der Waals surface area contributed by atoms with Gasteiger partial charge in [-0.05, 0) is 49.4 Å². The van der Waals surface area contributed by atoms with Crippen molar-refractivity contribution in [3.05, 3.63) is 53.8 Å². The number of carbonyl (C=O) groups excluding carboxylic acids is 2. The summed E-state index contributed by atoms with van der Waals surface area (Å²) in [5.74, 6) is 0.244. The molecule has 0 aliphatic carbocycles. The van der Waals surface area contributed by atoms with E-state index in [0.29, 0.717) is 28.3 Å². The van der Waals surface area contributed by atoms with Gasteiger partial charge in [-0.1, -0.05) is 0 Å². The fraction of sp³-hybridized carbons (Fsp3) is 0.200. The molecule has 0 saturated heterocycles. The van der Waals surface area contributed by atoms with Crippen molar-refractivity contribution >= 4 is 28.5 Å². The number of hydrogen-bond acceptors (Lipinski definition) is 6. The zero-order chi connectivity index (χ0) is 19.4. The van der Waals surface area contributed by atoms with E-state index >= 15 is 0 Å². The number of hydrogen-bond donors (Lipinski definition) is 1. The van der Waals surface area contributed by atoms with Gasteiger partial charge in [-0.2, -0.15) is 0 Å². The van der Waals surface area contributed by atoms with Gasteiger partial charge in [0.1, 0.15) is 17.1 Å². The molecule has 1 aromatic heterocycles. The number of nitrogens with one attached hydrogen (secondary N) is 1. The van der Waals surface area contributed by atoms with Gasteiger partial charge in [0.15, 0.2) is 6.61 Å². The lowest BCUT2D eigenvalue weighted by atomic mass is 10.1. The first-order valence-corrected chi connectivity index (χ1v) is 8.20. The van der Waals surface area contributed by atoms with Crippen molar-refractivity contribution < 1.29 is 28.2 Å². The third-order valence-electron chi connectivity index (χ3n) is 4.04.